The second kappa shape index (κ2) is 5.94. The maximum absolute atomic E-state index is 12.0. The molecule has 0 spiro atoms. The molecule has 2 aromatic carbocycles. The van der Waals surface area contributed by atoms with Crippen molar-refractivity contribution >= 4 is 18.6 Å². The first-order valence-electron chi connectivity index (χ1n) is 6.86. The highest BCUT2D eigenvalue weighted by Gasteiger charge is 2.18. The Balaban J connectivity index is 2.52. The summed E-state index contributed by atoms with van der Waals surface area (Å²) in [6, 6.07) is 13.9. The molecule has 0 fully saturated rings. The monoisotopic (exact) mass is 300 g/mol. The molecule has 0 aliphatic rings. The van der Waals surface area contributed by atoms with Gasteiger partial charge < -0.3 is 4.74 Å². The third-order valence-electron chi connectivity index (χ3n) is 3.49. The van der Waals surface area contributed by atoms with Crippen LogP contribution < -0.4 is 0 Å². The van der Waals surface area contributed by atoms with Crippen LogP contribution in [0.1, 0.15) is 36.7 Å². The summed E-state index contributed by atoms with van der Waals surface area (Å²) in [6.45, 7) is 6.53. The Morgan fingerprint density at radius 3 is 2.19 bits per heavy atom. The first kappa shape index (κ1) is 15.6. The number of rotatable bonds is 2. The van der Waals surface area contributed by atoms with Gasteiger partial charge in [-0.25, -0.2) is 4.79 Å². The molecule has 0 saturated carbocycles. The summed E-state index contributed by atoms with van der Waals surface area (Å²) in [5, 5.41) is 0. The Morgan fingerprint density at radius 2 is 1.67 bits per heavy atom. The predicted molar refractivity (Wildman–Crippen MR) is 89.2 cm³/mol. The zero-order valence-corrected chi connectivity index (χ0v) is 13.7. The van der Waals surface area contributed by atoms with Crippen LogP contribution in [0.3, 0.4) is 0 Å². The van der Waals surface area contributed by atoms with Crippen LogP contribution in [0.15, 0.2) is 47.4 Å². The average molecular weight is 300 g/mol. The van der Waals surface area contributed by atoms with Crippen molar-refractivity contribution in [1.29, 1.82) is 0 Å². The van der Waals surface area contributed by atoms with Crippen molar-refractivity contribution in [3.8, 4) is 11.1 Å². The second-order valence-corrected chi connectivity index (χ2v) is 6.50. The van der Waals surface area contributed by atoms with Crippen molar-refractivity contribution in [3.63, 3.8) is 0 Å². The smallest absolute Gasteiger partial charge is 0.339 e. The highest BCUT2D eigenvalue weighted by Crippen LogP contribution is 2.31. The molecule has 0 atom stereocenters. The Morgan fingerprint density at radius 1 is 1.05 bits per heavy atom. The van der Waals surface area contributed by atoms with Crippen molar-refractivity contribution in [3.05, 3.63) is 53.6 Å². The molecular formula is C18H20O2S. The standard InChI is InChI=1S/C18H20O2S/c1-18(2,3)13-10-8-12(9-11-13)14-6-5-7-15(21)16(14)17(19)20-4/h5-11,21H,1-4H3. The van der Waals surface area contributed by atoms with Gasteiger partial charge in [0.15, 0.2) is 0 Å². The highest BCUT2D eigenvalue weighted by atomic mass is 32.1. The fourth-order valence-corrected chi connectivity index (χ4v) is 2.54. The minimum Gasteiger partial charge on any atom is -0.465 e. The normalized spacial score (nSPS) is 11.3. The molecule has 0 aromatic heterocycles. The largest absolute Gasteiger partial charge is 0.465 e. The van der Waals surface area contributed by atoms with Gasteiger partial charge in [-0.1, -0.05) is 57.2 Å². The van der Waals surface area contributed by atoms with E-state index in [4.69, 9.17) is 4.74 Å². The van der Waals surface area contributed by atoms with Crippen LogP contribution in [0, 0.1) is 0 Å². The van der Waals surface area contributed by atoms with Crippen LogP contribution in [0.25, 0.3) is 11.1 Å². The van der Waals surface area contributed by atoms with Crippen LogP contribution in [-0.4, -0.2) is 13.1 Å². The molecule has 0 saturated heterocycles. The topological polar surface area (TPSA) is 26.3 Å². The van der Waals surface area contributed by atoms with E-state index < -0.39 is 0 Å². The first-order chi connectivity index (χ1) is 9.84. The third kappa shape index (κ3) is 3.30. The summed E-state index contributed by atoms with van der Waals surface area (Å²) < 4.78 is 4.87. The number of ether oxygens (including phenoxy) is 1. The Bertz CT molecular complexity index is 652. The minimum absolute atomic E-state index is 0.106. The SMILES string of the molecule is COC(=O)c1c(S)cccc1-c1ccc(C(C)(C)C)cc1. The third-order valence-corrected chi connectivity index (χ3v) is 3.87. The molecule has 0 N–H and O–H groups in total. The van der Waals surface area contributed by atoms with Crippen molar-refractivity contribution in [2.24, 2.45) is 0 Å². The van der Waals surface area contributed by atoms with Gasteiger partial charge in [0, 0.05) is 4.90 Å². The second-order valence-electron chi connectivity index (χ2n) is 6.02. The predicted octanol–water partition coefficient (Wildman–Crippen LogP) is 4.73. The van der Waals surface area contributed by atoms with Gasteiger partial charge in [-0.15, -0.1) is 12.6 Å². The van der Waals surface area contributed by atoms with E-state index in [-0.39, 0.29) is 11.4 Å². The Labute approximate surface area is 131 Å². The van der Waals surface area contributed by atoms with E-state index in [1.165, 1.54) is 12.7 Å². The van der Waals surface area contributed by atoms with E-state index in [9.17, 15) is 4.79 Å². The fourth-order valence-electron chi connectivity index (χ4n) is 2.25. The number of carbonyl (C=O) groups excluding carboxylic acids is 1. The summed E-state index contributed by atoms with van der Waals surface area (Å²) in [5.41, 5.74) is 3.70. The van der Waals surface area contributed by atoms with E-state index >= 15 is 0 Å². The first-order valence-corrected chi connectivity index (χ1v) is 7.30. The van der Waals surface area contributed by atoms with Crippen LogP contribution in [0.2, 0.25) is 0 Å². The molecule has 0 bridgehead atoms. The van der Waals surface area contributed by atoms with Gasteiger partial charge in [-0.3, -0.25) is 0 Å². The molecule has 0 unspecified atom stereocenters. The lowest BCUT2D eigenvalue weighted by molar-refractivity contribution is 0.0598. The number of hydrogen-bond acceptors (Lipinski definition) is 3. The Hall–Kier alpha value is -1.74. The average Bonchev–Trinajstić information content (AvgIpc) is 2.45. The maximum Gasteiger partial charge on any atom is 0.339 e. The molecule has 0 aliphatic heterocycles. The lowest BCUT2D eigenvalue weighted by Crippen LogP contribution is -2.10. The quantitative estimate of drug-likeness (QED) is 0.641. The molecule has 0 amide bonds. The van der Waals surface area contributed by atoms with Crippen molar-refractivity contribution in [2.45, 2.75) is 31.1 Å². The lowest BCUT2D eigenvalue weighted by atomic mass is 9.86. The highest BCUT2D eigenvalue weighted by molar-refractivity contribution is 7.80. The van der Waals surface area contributed by atoms with E-state index in [1.54, 1.807) is 6.07 Å². The molecule has 2 nitrogen and oxygen atoms in total. The van der Waals surface area contributed by atoms with Gasteiger partial charge in [0.05, 0.1) is 12.7 Å². The molecule has 21 heavy (non-hydrogen) atoms. The van der Waals surface area contributed by atoms with Gasteiger partial charge in [0.2, 0.25) is 0 Å². The van der Waals surface area contributed by atoms with Crippen LogP contribution in [-0.2, 0) is 10.2 Å². The molecule has 110 valence electrons. The summed E-state index contributed by atoms with van der Waals surface area (Å²) in [7, 11) is 1.38. The van der Waals surface area contributed by atoms with E-state index in [0.717, 1.165) is 11.1 Å². The van der Waals surface area contributed by atoms with E-state index in [2.05, 4.69) is 45.5 Å². The van der Waals surface area contributed by atoms with Gasteiger partial charge >= 0.3 is 5.97 Å². The van der Waals surface area contributed by atoms with Gasteiger partial charge in [-0.2, -0.15) is 0 Å². The molecule has 0 radical (unpaired) electrons. The molecule has 3 heteroatoms. The molecule has 2 aromatic rings. The zero-order chi connectivity index (χ0) is 15.6. The van der Waals surface area contributed by atoms with Gasteiger partial charge in [0.1, 0.15) is 0 Å². The van der Waals surface area contributed by atoms with Crippen LogP contribution in [0.4, 0.5) is 0 Å². The van der Waals surface area contributed by atoms with Crippen molar-refractivity contribution in [2.75, 3.05) is 7.11 Å². The molecule has 0 aliphatic carbocycles. The van der Waals surface area contributed by atoms with Gasteiger partial charge in [0.25, 0.3) is 0 Å². The van der Waals surface area contributed by atoms with E-state index in [1.807, 2.05) is 24.3 Å². The molecular weight excluding hydrogens is 280 g/mol. The summed E-state index contributed by atoms with van der Waals surface area (Å²) >= 11 is 4.38. The molecule has 0 heterocycles. The minimum atomic E-state index is -0.365. The zero-order valence-electron chi connectivity index (χ0n) is 12.8. The van der Waals surface area contributed by atoms with Crippen LogP contribution >= 0.6 is 12.6 Å². The summed E-state index contributed by atoms with van der Waals surface area (Å²) in [4.78, 5) is 12.6. The van der Waals surface area contributed by atoms with Gasteiger partial charge in [-0.05, 0) is 28.2 Å². The number of benzene rings is 2. The Kier molecular flexibility index (Phi) is 4.43. The lowest BCUT2D eigenvalue weighted by Gasteiger charge is -2.19. The summed E-state index contributed by atoms with van der Waals surface area (Å²) in [5.74, 6) is -0.365. The number of thiol groups is 1. The number of methoxy groups -OCH3 is 1. The number of carbonyl (C=O) groups is 1. The fraction of sp³-hybridized carbons (Fsp3) is 0.278. The number of hydrogen-bond donors (Lipinski definition) is 1. The van der Waals surface area contributed by atoms with Crippen LogP contribution in [0.5, 0.6) is 0 Å². The van der Waals surface area contributed by atoms with Crippen molar-refractivity contribution in [1.82, 2.24) is 0 Å². The maximum atomic E-state index is 12.0. The van der Waals surface area contributed by atoms with E-state index in [0.29, 0.717) is 10.5 Å². The number of esters is 1. The molecule has 2 rings (SSSR count). The van der Waals surface area contributed by atoms with Crippen molar-refractivity contribution < 1.29 is 9.53 Å². The summed E-state index contributed by atoms with van der Waals surface area (Å²) in [6.07, 6.45) is 0.